The molecule has 2 N–H and O–H groups in total. The lowest BCUT2D eigenvalue weighted by atomic mass is 9.95. The van der Waals surface area contributed by atoms with Crippen LogP contribution in [0.3, 0.4) is 0 Å². The average Bonchev–Trinajstić information content (AvgIpc) is 2.50. The molecule has 1 aromatic carbocycles. The lowest BCUT2D eigenvalue weighted by Gasteiger charge is -2.23. The molecule has 1 heterocycles. The highest BCUT2D eigenvalue weighted by atomic mass is 19.1. The first-order valence-corrected chi connectivity index (χ1v) is 7.94. The van der Waals surface area contributed by atoms with Gasteiger partial charge in [0.1, 0.15) is 29.1 Å². The zero-order chi connectivity index (χ0) is 16.2. The van der Waals surface area contributed by atoms with E-state index in [0.29, 0.717) is 17.7 Å². The van der Waals surface area contributed by atoms with E-state index in [1.165, 1.54) is 31.4 Å². The summed E-state index contributed by atoms with van der Waals surface area (Å²) in [5.74, 6) is 0.557. The van der Waals surface area contributed by atoms with Crippen molar-refractivity contribution in [3.8, 4) is 0 Å². The Morgan fingerprint density at radius 2 is 1.74 bits per heavy atom. The Hall–Kier alpha value is -2.24. The summed E-state index contributed by atoms with van der Waals surface area (Å²) in [5, 5.41) is 6.31. The molecule has 122 valence electrons. The summed E-state index contributed by atoms with van der Waals surface area (Å²) in [4.78, 5) is 8.65. The molecule has 0 radical (unpaired) electrons. The van der Waals surface area contributed by atoms with Crippen LogP contribution in [0.25, 0.3) is 0 Å². The maximum atomic E-state index is 13.7. The van der Waals surface area contributed by atoms with Crippen LogP contribution in [0.4, 0.5) is 26.1 Å². The monoisotopic (exact) mass is 318 g/mol. The van der Waals surface area contributed by atoms with Crippen LogP contribution in [0.1, 0.15) is 37.9 Å². The number of hydrogen-bond donors (Lipinski definition) is 2. The minimum Gasteiger partial charge on any atom is -0.367 e. The van der Waals surface area contributed by atoms with Gasteiger partial charge in [0.2, 0.25) is 0 Å². The van der Waals surface area contributed by atoms with E-state index >= 15 is 0 Å². The molecule has 0 bridgehead atoms. The van der Waals surface area contributed by atoms with E-state index in [-0.39, 0.29) is 5.69 Å². The first kappa shape index (κ1) is 15.6. The smallest absolute Gasteiger partial charge is 0.149 e. The Balaban J connectivity index is 1.76. The van der Waals surface area contributed by atoms with Crippen molar-refractivity contribution in [1.82, 2.24) is 9.97 Å². The van der Waals surface area contributed by atoms with Crippen LogP contribution in [-0.4, -0.2) is 16.0 Å². The Kier molecular flexibility index (Phi) is 4.69. The molecule has 1 aliphatic carbocycles. The molecule has 3 rings (SSSR count). The predicted molar refractivity (Wildman–Crippen MR) is 86.9 cm³/mol. The third-order valence-corrected chi connectivity index (χ3v) is 3.99. The van der Waals surface area contributed by atoms with Crippen LogP contribution in [-0.2, 0) is 0 Å². The topological polar surface area (TPSA) is 49.8 Å². The number of aryl methyl sites for hydroxylation is 1. The number of benzene rings is 1. The molecule has 0 atom stereocenters. The normalized spacial score (nSPS) is 15.4. The fourth-order valence-electron chi connectivity index (χ4n) is 2.89. The van der Waals surface area contributed by atoms with Gasteiger partial charge in [0.05, 0.1) is 5.69 Å². The van der Waals surface area contributed by atoms with Crippen molar-refractivity contribution < 1.29 is 8.78 Å². The zero-order valence-corrected chi connectivity index (χ0v) is 13.1. The standard InChI is InChI=1S/C17H20F2N4/c1-11-20-16(22-13-5-3-2-4-6-13)10-17(21-11)23-15-8-7-12(18)9-14(15)19/h7-10,13H,2-6H2,1H3,(H2,20,21,22,23). The number of halogens is 2. The Morgan fingerprint density at radius 1 is 1.00 bits per heavy atom. The fourth-order valence-corrected chi connectivity index (χ4v) is 2.89. The average molecular weight is 318 g/mol. The van der Waals surface area contributed by atoms with Gasteiger partial charge in [-0.2, -0.15) is 0 Å². The predicted octanol–water partition coefficient (Wildman–Crippen LogP) is 4.55. The molecule has 0 spiro atoms. The molecule has 4 nitrogen and oxygen atoms in total. The lowest BCUT2D eigenvalue weighted by Crippen LogP contribution is -2.23. The van der Waals surface area contributed by atoms with E-state index in [9.17, 15) is 8.78 Å². The number of aromatic nitrogens is 2. The molecule has 2 aromatic rings. The third kappa shape index (κ3) is 4.15. The molecule has 0 amide bonds. The maximum absolute atomic E-state index is 13.7. The van der Waals surface area contributed by atoms with Crippen molar-refractivity contribution in [1.29, 1.82) is 0 Å². The summed E-state index contributed by atoms with van der Waals surface area (Å²) in [6.07, 6.45) is 6.02. The van der Waals surface area contributed by atoms with Crippen molar-refractivity contribution in [3.63, 3.8) is 0 Å². The van der Waals surface area contributed by atoms with Crippen LogP contribution in [0, 0.1) is 18.6 Å². The number of nitrogens with zero attached hydrogens (tertiary/aromatic N) is 2. The maximum Gasteiger partial charge on any atom is 0.149 e. The van der Waals surface area contributed by atoms with Gasteiger partial charge in [0.15, 0.2) is 0 Å². The number of anilines is 3. The van der Waals surface area contributed by atoms with Gasteiger partial charge in [-0.1, -0.05) is 19.3 Å². The van der Waals surface area contributed by atoms with Crippen molar-refractivity contribution in [2.24, 2.45) is 0 Å². The fraction of sp³-hybridized carbons (Fsp3) is 0.412. The lowest BCUT2D eigenvalue weighted by molar-refractivity contribution is 0.462. The minimum atomic E-state index is -0.650. The number of hydrogen-bond acceptors (Lipinski definition) is 4. The van der Waals surface area contributed by atoms with Gasteiger partial charge in [-0.05, 0) is 31.9 Å². The van der Waals surface area contributed by atoms with Crippen LogP contribution < -0.4 is 10.6 Å². The first-order chi connectivity index (χ1) is 11.1. The zero-order valence-electron chi connectivity index (χ0n) is 13.1. The van der Waals surface area contributed by atoms with E-state index in [0.717, 1.165) is 24.7 Å². The van der Waals surface area contributed by atoms with E-state index in [1.807, 2.05) is 0 Å². The summed E-state index contributed by atoms with van der Waals surface area (Å²) >= 11 is 0. The van der Waals surface area contributed by atoms with E-state index < -0.39 is 11.6 Å². The highest BCUT2D eigenvalue weighted by Crippen LogP contribution is 2.24. The summed E-state index contributed by atoms with van der Waals surface area (Å²) < 4.78 is 26.7. The highest BCUT2D eigenvalue weighted by molar-refractivity contribution is 5.59. The molecule has 1 aliphatic rings. The van der Waals surface area contributed by atoms with Crippen molar-refractivity contribution in [3.05, 3.63) is 41.7 Å². The third-order valence-electron chi connectivity index (χ3n) is 3.99. The molecule has 6 heteroatoms. The molecule has 1 aromatic heterocycles. The number of nitrogens with one attached hydrogen (secondary N) is 2. The molecular formula is C17H20F2N4. The highest BCUT2D eigenvalue weighted by Gasteiger charge is 2.14. The van der Waals surface area contributed by atoms with Crippen molar-refractivity contribution in [2.75, 3.05) is 10.6 Å². The molecule has 23 heavy (non-hydrogen) atoms. The van der Waals surface area contributed by atoms with E-state index in [1.54, 1.807) is 13.0 Å². The van der Waals surface area contributed by atoms with Crippen molar-refractivity contribution >= 4 is 17.3 Å². The van der Waals surface area contributed by atoms with E-state index in [4.69, 9.17) is 0 Å². The van der Waals surface area contributed by atoms with Crippen LogP contribution in [0.2, 0.25) is 0 Å². The quantitative estimate of drug-likeness (QED) is 0.868. The van der Waals surface area contributed by atoms with E-state index in [2.05, 4.69) is 20.6 Å². The second-order valence-electron chi connectivity index (χ2n) is 5.91. The van der Waals surface area contributed by atoms with Gasteiger partial charge in [0.25, 0.3) is 0 Å². The second kappa shape index (κ2) is 6.89. The summed E-state index contributed by atoms with van der Waals surface area (Å²) in [7, 11) is 0. The molecule has 1 saturated carbocycles. The Bertz CT molecular complexity index is 684. The van der Waals surface area contributed by atoms with Gasteiger partial charge in [0, 0.05) is 18.2 Å². The van der Waals surface area contributed by atoms with Crippen LogP contribution in [0.5, 0.6) is 0 Å². The van der Waals surface area contributed by atoms with Gasteiger partial charge in [-0.15, -0.1) is 0 Å². The SMILES string of the molecule is Cc1nc(Nc2ccc(F)cc2F)cc(NC2CCCCC2)n1. The summed E-state index contributed by atoms with van der Waals surface area (Å²) in [5.41, 5.74) is 0.188. The number of rotatable bonds is 4. The summed E-state index contributed by atoms with van der Waals surface area (Å²) in [6, 6.07) is 5.59. The summed E-state index contributed by atoms with van der Waals surface area (Å²) in [6.45, 7) is 1.79. The van der Waals surface area contributed by atoms with Crippen LogP contribution >= 0.6 is 0 Å². The molecule has 0 aliphatic heterocycles. The minimum absolute atomic E-state index is 0.188. The largest absolute Gasteiger partial charge is 0.367 e. The Labute approximate surface area is 134 Å². The van der Waals surface area contributed by atoms with Gasteiger partial charge < -0.3 is 10.6 Å². The first-order valence-electron chi connectivity index (χ1n) is 7.94. The van der Waals surface area contributed by atoms with Gasteiger partial charge >= 0.3 is 0 Å². The van der Waals surface area contributed by atoms with Crippen molar-refractivity contribution in [2.45, 2.75) is 45.1 Å². The van der Waals surface area contributed by atoms with Crippen LogP contribution in [0.15, 0.2) is 24.3 Å². The molecule has 0 saturated heterocycles. The van der Waals surface area contributed by atoms with Gasteiger partial charge in [-0.25, -0.2) is 18.7 Å². The second-order valence-corrected chi connectivity index (χ2v) is 5.91. The molecular weight excluding hydrogens is 298 g/mol. The van der Waals surface area contributed by atoms with Gasteiger partial charge in [-0.3, -0.25) is 0 Å². The Morgan fingerprint density at radius 3 is 2.48 bits per heavy atom. The molecule has 1 fully saturated rings. The molecule has 0 unspecified atom stereocenters.